The first kappa shape index (κ1) is 16.5. The Kier molecular flexibility index (Phi) is 5.51. The van der Waals surface area contributed by atoms with Crippen LogP contribution >= 0.6 is 0 Å². The van der Waals surface area contributed by atoms with Gasteiger partial charge in [-0.25, -0.2) is 4.79 Å². The molecule has 0 saturated carbocycles. The van der Waals surface area contributed by atoms with Gasteiger partial charge in [-0.2, -0.15) is 0 Å². The summed E-state index contributed by atoms with van der Waals surface area (Å²) >= 11 is 0. The third-order valence-electron chi connectivity index (χ3n) is 4.18. The number of nitrogens with zero attached hydrogens (tertiary/aromatic N) is 1. The van der Waals surface area contributed by atoms with Crippen LogP contribution in [0.5, 0.6) is 0 Å². The standard InChI is InChI=1S/C18H23N3O3/c22-16(10-19-18(23)20-11-17-6-3-9-24-17)13-21-8-7-14-4-1-2-5-15(14)12-21/h1-6,9,16,22H,7-8,10-13H2,(H2,19,20,23). The molecule has 0 bridgehead atoms. The lowest BCUT2D eigenvalue weighted by molar-refractivity contribution is 0.105. The first-order chi connectivity index (χ1) is 11.7. The Labute approximate surface area is 141 Å². The number of amides is 2. The van der Waals surface area contributed by atoms with Crippen molar-refractivity contribution in [3.05, 3.63) is 59.5 Å². The average Bonchev–Trinajstić information content (AvgIpc) is 3.11. The number of rotatable bonds is 6. The number of carbonyl (C=O) groups is 1. The highest BCUT2D eigenvalue weighted by Gasteiger charge is 2.18. The summed E-state index contributed by atoms with van der Waals surface area (Å²) in [6, 6.07) is 11.7. The van der Waals surface area contributed by atoms with Crippen molar-refractivity contribution >= 4 is 6.03 Å². The molecule has 24 heavy (non-hydrogen) atoms. The fourth-order valence-electron chi connectivity index (χ4n) is 2.93. The summed E-state index contributed by atoms with van der Waals surface area (Å²) in [7, 11) is 0. The number of β-amino-alcohol motifs (C(OH)–C–C–N with tert-alkyl or cyclic N) is 1. The van der Waals surface area contributed by atoms with Crippen molar-refractivity contribution in [2.24, 2.45) is 0 Å². The van der Waals surface area contributed by atoms with E-state index in [1.807, 2.05) is 6.07 Å². The van der Waals surface area contributed by atoms with Crippen molar-refractivity contribution in [1.29, 1.82) is 0 Å². The fourth-order valence-corrected chi connectivity index (χ4v) is 2.93. The summed E-state index contributed by atoms with van der Waals surface area (Å²) in [6.45, 7) is 2.88. The van der Waals surface area contributed by atoms with Crippen LogP contribution in [0.1, 0.15) is 16.9 Å². The number of aliphatic hydroxyl groups is 1. The number of furan rings is 1. The van der Waals surface area contributed by atoms with Gasteiger partial charge in [-0.1, -0.05) is 24.3 Å². The highest BCUT2D eigenvalue weighted by atomic mass is 16.3. The van der Waals surface area contributed by atoms with Crippen molar-refractivity contribution in [2.45, 2.75) is 25.6 Å². The van der Waals surface area contributed by atoms with Crippen LogP contribution in [-0.4, -0.2) is 41.8 Å². The molecule has 1 aliphatic rings. The van der Waals surface area contributed by atoms with Gasteiger partial charge in [0, 0.05) is 26.2 Å². The zero-order chi connectivity index (χ0) is 16.8. The number of carbonyl (C=O) groups excluding carboxylic acids is 1. The van der Waals surface area contributed by atoms with Crippen molar-refractivity contribution in [1.82, 2.24) is 15.5 Å². The molecule has 6 nitrogen and oxygen atoms in total. The Bertz CT molecular complexity index is 657. The third kappa shape index (κ3) is 4.59. The minimum Gasteiger partial charge on any atom is -0.467 e. The molecule has 1 aromatic heterocycles. The van der Waals surface area contributed by atoms with Gasteiger partial charge in [0.15, 0.2) is 0 Å². The van der Waals surface area contributed by atoms with Crippen LogP contribution in [0.15, 0.2) is 47.1 Å². The third-order valence-corrected chi connectivity index (χ3v) is 4.18. The minimum atomic E-state index is -0.593. The number of aliphatic hydroxyl groups excluding tert-OH is 1. The van der Waals surface area contributed by atoms with Gasteiger partial charge in [-0.05, 0) is 29.7 Å². The quantitative estimate of drug-likeness (QED) is 0.750. The molecule has 128 valence electrons. The number of hydrogen-bond acceptors (Lipinski definition) is 4. The van der Waals surface area contributed by atoms with Crippen LogP contribution in [0.2, 0.25) is 0 Å². The van der Waals surface area contributed by atoms with E-state index in [2.05, 4.69) is 33.7 Å². The minimum absolute atomic E-state index is 0.224. The van der Waals surface area contributed by atoms with Crippen molar-refractivity contribution < 1.29 is 14.3 Å². The predicted molar refractivity (Wildman–Crippen MR) is 90.4 cm³/mol. The number of urea groups is 1. The molecule has 3 N–H and O–H groups in total. The summed E-state index contributed by atoms with van der Waals surface area (Å²) in [5.74, 6) is 0.692. The molecule has 1 aromatic carbocycles. The van der Waals surface area contributed by atoms with Crippen molar-refractivity contribution in [3.63, 3.8) is 0 Å². The van der Waals surface area contributed by atoms with Crippen LogP contribution < -0.4 is 10.6 Å². The lowest BCUT2D eigenvalue weighted by Crippen LogP contribution is -2.44. The van der Waals surface area contributed by atoms with Crippen LogP contribution in [0, 0.1) is 0 Å². The molecule has 6 heteroatoms. The number of fused-ring (bicyclic) bond motifs is 1. The van der Waals surface area contributed by atoms with E-state index in [0.717, 1.165) is 19.5 Å². The van der Waals surface area contributed by atoms with E-state index in [0.29, 0.717) is 18.8 Å². The van der Waals surface area contributed by atoms with Crippen LogP contribution in [0.3, 0.4) is 0 Å². The molecular weight excluding hydrogens is 306 g/mol. The maximum absolute atomic E-state index is 11.7. The first-order valence-corrected chi connectivity index (χ1v) is 8.22. The summed E-state index contributed by atoms with van der Waals surface area (Å²) in [6.07, 6.45) is 1.97. The maximum Gasteiger partial charge on any atom is 0.315 e. The Morgan fingerprint density at radius 2 is 2.04 bits per heavy atom. The highest BCUT2D eigenvalue weighted by molar-refractivity contribution is 5.73. The largest absolute Gasteiger partial charge is 0.467 e. The van der Waals surface area contributed by atoms with Gasteiger partial charge < -0.3 is 20.2 Å². The Morgan fingerprint density at radius 1 is 1.21 bits per heavy atom. The number of nitrogens with one attached hydrogen (secondary N) is 2. The maximum atomic E-state index is 11.7. The Balaban J connectivity index is 1.37. The molecule has 1 unspecified atom stereocenters. The summed E-state index contributed by atoms with van der Waals surface area (Å²) < 4.78 is 5.14. The molecule has 0 radical (unpaired) electrons. The number of benzene rings is 1. The molecule has 0 spiro atoms. The SMILES string of the molecule is O=C(NCc1ccco1)NCC(O)CN1CCc2ccccc2C1. The van der Waals surface area contributed by atoms with Crippen molar-refractivity contribution in [3.8, 4) is 0 Å². The molecule has 1 atom stereocenters. The average molecular weight is 329 g/mol. The molecule has 2 aromatic rings. The molecule has 1 aliphatic heterocycles. The lowest BCUT2D eigenvalue weighted by Gasteiger charge is -2.30. The van der Waals surface area contributed by atoms with E-state index in [1.54, 1.807) is 18.4 Å². The zero-order valence-electron chi connectivity index (χ0n) is 13.6. The molecule has 0 aliphatic carbocycles. The molecule has 3 rings (SSSR count). The predicted octanol–water partition coefficient (Wildman–Crippen LogP) is 1.50. The van der Waals surface area contributed by atoms with E-state index in [4.69, 9.17) is 4.42 Å². The monoisotopic (exact) mass is 329 g/mol. The molecule has 2 amide bonds. The van der Waals surface area contributed by atoms with Gasteiger partial charge in [0.25, 0.3) is 0 Å². The van der Waals surface area contributed by atoms with Crippen molar-refractivity contribution in [2.75, 3.05) is 19.6 Å². The molecule has 0 fully saturated rings. The lowest BCUT2D eigenvalue weighted by atomic mass is 10.00. The van der Waals surface area contributed by atoms with E-state index >= 15 is 0 Å². The smallest absolute Gasteiger partial charge is 0.315 e. The Morgan fingerprint density at radius 3 is 2.83 bits per heavy atom. The molecule has 2 heterocycles. The zero-order valence-corrected chi connectivity index (χ0v) is 13.6. The second-order valence-corrected chi connectivity index (χ2v) is 6.05. The topological polar surface area (TPSA) is 77.7 Å². The van der Waals surface area contributed by atoms with Crippen LogP contribution in [0.4, 0.5) is 4.79 Å². The van der Waals surface area contributed by atoms with Gasteiger partial charge in [0.1, 0.15) is 5.76 Å². The van der Waals surface area contributed by atoms with E-state index < -0.39 is 6.10 Å². The van der Waals surface area contributed by atoms with E-state index in [-0.39, 0.29) is 12.6 Å². The van der Waals surface area contributed by atoms with Gasteiger partial charge in [-0.15, -0.1) is 0 Å². The van der Waals surface area contributed by atoms with E-state index in [9.17, 15) is 9.90 Å². The van der Waals surface area contributed by atoms with Gasteiger partial charge >= 0.3 is 6.03 Å². The Hall–Kier alpha value is -2.31. The normalized spacial score (nSPS) is 15.5. The van der Waals surface area contributed by atoms with Gasteiger partial charge in [0.05, 0.1) is 18.9 Å². The molecule has 0 saturated heterocycles. The summed E-state index contributed by atoms with van der Waals surface area (Å²) in [4.78, 5) is 13.9. The van der Waals surface area contributed by atoms with Crippen LogP contribution in [0.25, 0.3) is 0 Å². The summed E-state index contributed by atoms with van der Waals surface area (Å²) in [5.41, 5.74) is 2.71. The van der Waals surface area contributed by atoms with Crippen LogP contribution in [-0.2, 0) is 19.5 Å². The fraction of sp³-hybridized carbons (Fsp3) is 0.389. The highest BCUT2D eigenvalue weighted by Crippen LogP contribution is 2.18. The van der Waals surface area contributed by atoms with Gasteiger partial charge in [0.2, 0.25) is 0 Å². The second-order valence-electron chi connectivity index (χ2n) is 6.05. The number of hydrogen-bond donors (Lipinski definition) is 3. The summed E-state index contributed by atoms with van der Waals surface area (Å²) in [5, 5.41) is 15.5. The van der Waals surface area contributed by atoms with E-state index in [1.165, 1.54) is 11.1 Å². The molecular formula is C18H23N3O3. The second kappa shape index (κ2) is 7.99. The van der Waals surface area contributed by atoms with Gasteiger partial charge in [-0.3, -0.25) is 4.90 Å². The first-order valence-electron chi connectivity index (χ1n) is 8.22.